The second kappa shape index (κ2) is 9.14. The van der Waals surface area contributed by atoms with Gasteiger partial charge in [0.05, 0.1) is 6.04 Å². The minimum absolute atomic E-state index is 0.0674. The highest BCUT2D eigenvalue weighted by Crippen LogP contribution is 2.10. The van der Waals surface area contributed by atoms with E-state index in [1.807, 2.05) is 0 Å². The molecule has 0 aliphatic heterocycles. The summed E-state index contributed by atoms with van der Waals surface area (Å²) in [5.74, 6) is -2.34. The van der Waals surface area contributed by atoms with Crippen molar-refractivity contribution in [2.45, 2.75) is 31.5 Å². The maximum absolute atomic E-state index is 12.0. The van der Waals surface area contributed by atoms with E-state index in [1.165, 1.54) is 19.1 Å². The zero-order valence-corrected chi connectivity index (χ0v) is 14.0. The maximum Gasteiger partial charge on any atom is 0.327 e. The van der Waals surface area contributed by atoms with Crippen molar-refractivity contribution in [3.63, 3.8) is 0 Å². The number of carbonyl (C=O) groups excluding carboxylic acids is 2. The predicted molar refractivity (Wildman–Crippen MR) is 90.8 cm³/mol. The van der Waals surface area contributed by atoms with Crippen molar-refractivity contribution < 1.29 is 24.6 Å². The number of aromatic hydroxyl groups is 1. The number of rotatable bonds is 8. The van der Waals surface area contributed by atoms with Gasteiger partial charge < -0.3 is 26.6 Å². The van der Waals surface area contributed by atoms with E-state index in [0.29, 0.717) is 0 Å². The number of amides is 2. The van der Waals surface area contributed by atoms with Gasteiger partial charge in [0.2, 0.25) is 11.8 Å². The zero-order chi connectivity index (χ0) is 18.3. The molecule has 1 aromatic carbocycles. The van der Waals surface area contributed by atoms with Crippen LogP contribution >= 0.6 is 12.6 Å². The fraction of sp³-hybridized carbons (Fsp3) is 0.400. The lowest BCUT2D eigenvalue weighted by atomic mass is 10.1. The Morgan fingerprint density at radius 2 is 1.75 bits per heavy atom. The summed E-state index contributed by atoms with van der Waals surface area (Å²) in [6.45, 7) is 1.43. The molecule has 9 heteroatoms. The number of hydrogen-bond donors (Lipinski definition) is 6. The molecule has 0 fully saturated rings. The number of carboxylic acids is 1. The lowest BCUT2D eigenvalue weighted by Crippen LogP contribution is -2.54. The third-order valence-corrected chi connectivity index (χ3v) is 3.64. The van der Waals surface area contributed by atoms with Crippen LogP contribution in [-0.4, -0.2) is 51.9 Å². The normalized spacial score (nSPS) is 14.3. The minimum Gasteiger partial charge on any atom is -0.508 e. The van der Waals surface area contributed by atoms with Crippen molar-refractivity contribution in [1.29, 1.82) is 0 Å². The summed E-state index contributed by atoms with van der Waals surface area (Å²) in [5.41, 5.74) is 6.56. The minimum atomic E-state index is -1.21. The highest BCUT2D eigenvalue weighted by molar-refractivity contribution is 7.80. The van der Waals surface area contributed by atoms with Crippen LogP contribution in [0.2, 0.25) is 0 Å². The lowest BCUT2D eigenvalue weighted by molar-refractivity contribution is -0.141. The van der Waals surface area contributed by atoms with E-state index in [-0.39, 0.29) is 17.9 Å². The average molecular weight is 355 g/mol. The summed E-state index contributed by atoms with van der Waals surface area (Å²) in [4.78, 5) is 34.8. The molecule has 3 atom stereocenters. The SMILES string of the molecule is CC(NC(=O)C(N)Cc1ccc(O)cc1)C(=O)NC(CS)C(=O)O. The number of carbonyl (C=O) groups is 3. The van der Waals surface area contributed by atoms with E-state index in [1.54, 1.807) is 12.1 Å². The predicted octanol–water partition coefficient (Wildman–Crippen LogP) is -0.734. The molecular weight excluding hydrogens is 334 g/mol. The van der Waals surface area contributed by atoms with Gasteiger partial charge in [-0.15, -0.1) is 0 Å². The molecule has 0 spiro atoms. The molecule has 0 saturated carbocycles. The molecule has 1 rings (SSSR count). The van der Waals surface area contributed by atoms with E-state index in [0.717, 1.165) is 5.56 Å². The average Bonchev–Trinajstić information content (AvgIpc) is 2.53. The van der Waals surface area contributed by atoms with Gasteiger partial charge >= 0.3 is 5.97 Å². The van der Waals surface area contributed by atoms with Gasteiger partial charge in [-0.1, -0.05) is 12.1 Å². The molecule has 1 aromatic rings. The first-order chi connectivity index (χ1) is 11.2. The van der Waals surface area contributed by atoms with Crippen LogP contribution in [0.1, 0.15) is 12.5 Å². The van der Waals surface area contributed by atoms with Crippen molar-refractivity contribution in [2.75, 3.05) is 5.75 Å². The number of hydrogen-bond acceptors (Lipinski definition) is 6. The number of thiol groups is 1. The first-order valence-electron chi connectivity index (χ1n) is 7.22. The van der Waals surface area contributed by atoms with Crippen LogP contribution in [0, 0.1) is 0 Å². The van der Waals surface area contributed by atoms with Crippen LogP contribution in [0.5, 0.6) is 5.75 Å². The third-order valence-electron chi connectivity index (χ3n) is 3.28. The van der Waals surface area contributed by atoms with E-state index < -0.39 is 35.9 Å². The molecular formula is C15H21N3O5S. The van der Waals surface area contributed by atoms with Gasteiger partial charge in [-0.3, -0.25) is 9.59 Å². The topological polar surface area (TPSA) is 142 Å². The Balaban J connectivity index is 2.54. The van der Waals surface area contributed by atoms with E-state index in [4.69, 9.17) is 10.8 Å². The first-order valence-corrected chi connectivity index (χ1v) is 7.85. The summed E-state index contributed by atoms with van der Waals surface area (Å²) >= 11 is 3.84. The molecule has 3 unspecified atom stereocenters. The Hall–Kier alpha value is -2.26. The Morgan fingerprint density at radius 1 is 1.17 bits per heavy atom. The van der Waals surface area contributed by atoms with Gasteiger partial charge in [0, 0.05) is 5.75 Å². The monoisotopic (exact) mass is 355 g/mol. The van der Waals surface area contributed by atoms with E-state index in [9.17, 15) is 19.5 Å². The van der Waals surface area contributed by atoms with Crippen LogP contribution in [0.25, 0.3) is 0 Å². The highest BCUT2D eigenvalue weighted by Gasteiger charge is 2.24. The van der Waals surface area contributed by atoms with Gasteiger partial charge in [-0.2, -0.15) is 12.6 Å². The number of carboxylic acid groups (broad SMARTS) is 1. The summed E-state index contributed by atoms with van der Waals surface area (Å²) in [6.07, 6.45) is 0.231. The molecule has 132 valence electrons. The van der Waals surface area contributed by atoms with Crippen molar-refractivity contribution in [1.82, 2.24) is 10.6 Å². The fourth-order valence-corrected chi connectivity index (χ4v) is 2.09. The van der Waals surface area contributed by atoms with E-state index in [2.05, 4.69) is 23.3 Å². The van der Waals surface area contributed by atoms with Gasteiger partial charge in [-0.05, 0) is 31.0 Å². The number of nitrogens with one attached hydrogen (secondary N) is 2. The van der Waals surface area contributed by atoms with Crippen LogP contribution in [0.3, 0.4) is 0 Å². The number of nitrogens with two attached hydrogens (primary N) is 1. The Bertz CT molecular complexity index is 593. The van der Waals surface area contributed by atoms with Gasteiger partial charge in [0.1, 0.15) is 17.8 Å². The molecule has 0 aliphatic rings. The first kappa shape index (κ1) is 19.8. The van der Waals surface area contributed by atoms with Gasteiger partial charge in [0.15, 0.2) is 0 Å². The number of aliphatic carboxylic acids is 1. The second-order valence-electron chi connectivity index (χ2n) is 5.29. The zero-order valence-electron chi connectivity index (χ0n) is 13.1. The molecule has 0 bridgehead atoms. The van der Waals surface area contributed by atoms with Crippen molar-refractivity contribution in [3.8, 4) is 5.75 Å². The van der Waals surface area contributed by atoms with E-state index >= 15 is 0 Å². The van der Waals surface area contributed by atoms with Crippen LogP contribution in [-0.2, 0) is 20.8 Å². The summed E-state index contributed by atoms with van der Waals surface area (Å²) in [7, 11) is 0. The molecule has 2 amide bonds. The summed E-state index contributed by atoms with van der Waals surface area (Å²) in [6, 6.07) is 3.30. The number of benzene rings is 1. The molecule has 0 heterocycles. The molecule has 24 heavy (non-hydrogen) atoms. The van der Waals surface area contributed by atoms with Gasteiger partial charge in [0.25, 0.3) is 0 Å². The van der Waals surface area contributed by atoms with Crippen LogP contribution in [0.15, 0.2) is 24.3 Å². The van der Waals surface area contributed by atoms with Crippen molar-refractivity contribution in [2.24, 2.45) is 5.73 Å². The fourth-order valence-electron chi connectivity index (χ4n) is 1.85. The Kier molecular flexibility index (Phi) is 7.53. The molecule has 0 aliphatic carbocycles. The maximum atomic E-state index is 12.0. The van der Waals surface area contributed by atoms with Gasteiger partial charge in [-0.25, -0.2) is 4.79 Å². The summed E-state index contributed by atoms with van der Waals surface area (Å²) < 4.78 is 0. The smallest absolute Gasteiger partial charge is 0.327 e. The third kappa shape index (κ3) is 6.09. The Morgan fingerprint density at radius 3 is 2.25 bits per heavy atom. The molecule has 0 radical (unpaired) electrons. The molecule has 0 aromatic heterocycles. The van der Waals surface area contributed by atoms with Crippen molar-refractivity contribution in [3.05, 3.63) is 29.8 Å². The largest absolute Gasteiger partial charge is 0.508 e. The second-order valence-corrected chi connectivity index (χ2v) is 5.65. The van der Waals surface area contributed by atoms with Crippen LogP contribution < -0.4 is 16.4 Å². The number of phenolic OH excluding ortho intramolecular Hbond substituents is 1. The standard InChI is InChI=1S/C15H21N3O5S/c1-8(13(20)18-12(7-24)15(22)23)17-14(21)11(16)6-9-2-4-10(19)5-3-9/h2-5,8,11-12,19,24H,6-7,16H2,1H3,(H,17,21)(H,18,20)(H,22,23). The van der Waals surface area contributed by atoms with Crippen molar-refractivity contribution >= 4 is 30.4 Å². The molecule has 8 nitrogen and oxygen atoms in total. The summed E-state index contributed by atoms with van der Waals surface area (Å²) in [5, 5.41) is 22.8. The van der Waals surface area contributed by atoms with Crippen LogP contribution in [0.4, 0.5) is 0 Å². The molecule has 6 N–H and O–H groups in total. The quantitative estimate of drug-likeness (QED) is 0.339. The Labute approximate surface area is 144 Å². The molecule has 0 saturated heterocycles. The lowest BCUT2D eigenvalue weighted by Gasteiger charge is -2.19. The number of phenols is 1. The highest BCUT2D eigenvalue weighted by atomic mass is 32.1.